The highest BCUT2D eigenvalue weighted by Gasteiger charge is 2.11. The van der Waals surface area contributed by atoms with Crippen molar-refractivity contribution in [1.82, 2.24) is 10.3 Å². The van der Waals surface area contributed by atoms with Gasteiger partial charge in [-0.15, -0.1) is 11.8 Å². The Hall–Kier alpha value is -1.39. The topological polar surface area (TPSA) is 24.9 Å². The summed E-state index contributed by atoms with van der Waals surface area (Å²) in [5, 5.41) is 3.46. The molecular formula is C16H19FN2S. The van der Waals surface area contributed by atoms with E-state index in [1.54, 1.807) is 23.9 Å². The molecule has 4 heteroatoms. The van der Waals surface area contributed by atoms with Crippen molar-refractivity contribution in [3.63, 3.8) is 0 Å². The molecule has 0 aliphatic rings. The monoisotopic (exact) mass is 290 g/mol. The number of hydrogen-bond donors (Lipinski definition) is 1. The molecule has 0 bridgehead atoms. The molecule has 2 nitrogen and oxygen atoms in total. The van der Waals surface area contributed by atoms with Gasteiger partial charge >= 0.3 is 0 Å². The Bertz CT molecular complexity index is 560. The maximum Gasteiger partial charge on any atom is 0.124 e. The zero-order chi connectivity index (χ0) is 14.4. The first-order chi connectivity index (χ1) is 9.69. The molecule has 1 aromatic carbocycles. The molecule has 0 saturated carbocycles. The van der Waals surface area contributed by atoms with Crippen molar-refractivity contribution in [3.05, 3.63) is 59.7 Å². The molecule has 0 fully saturated rings. The Morgan fingerprint density at radius 2 is 2.15 bits per heavy atom. The van der Waals surface area contributed by atoms with E-state index < -0.39 is 0 Å². The third-order valence-electron chi connectivity index (χ3n) is 2.96. The Kier molecular flexibility index (Phi) is 5.56. The van der Waals surface area contributed by atoms with Crippen LogP contribution in [0.5, 0.6) is 0 Å². The number of aromatic nitrogens is 1. The Morgan fingerprint density at radius 3 is 2.85 bits per heavy atom. The van der Waals surface area contributed by atoms with Crippen molar-refractivity contribution in [3.8, 4) is 0 Å². The van der Waals surface area contributed by atoms with Crippen LogP contribution < -0.4 is 5.32 Å². The van der Waals surface area contributed by atoms with Gasteiger partial charge in [-0.25, -0.2) is 4.39 Å². The van der Waals surface area contributed by atoms with E-state index in [0.29, 0.717) is 0 Å². The zero-order valence-corrected chi connectivity index (χ0v) is 12.6. The van der Waals surface area contributed by atoms with Gasteiger partial charge in [-0.3, -0.25) is 4.98 Å². The summed E-state index contributed by atoms with van der Waals surface area (Å²) in [7, 11) is 0. The summed E-state index contributed by atoms with van der Waals surface area (Å²) in [5.74, 6) is 0.662. The molecule has 106 valence electrons. The van der Waals surface area contributed by atoms with Gasteiger partial charge < -0.3 is 5.32 Å². The van der Waals surface area contributed by atoms with Crippen LogP contribution in [0.2, 0.25) is 0 Å². The summed E-state index contributed by atoms with van der Waals surface area (Å²) in [5.41, 5.74) is 2.33. The number of thioether (sulfide) groups is 1. The highest BCUT2D eigenvalue weighted by atomic mass is 32.2. The second-order valence-electron chi connectivity index (χ2n) is 4.67. The largest absolute Gasteiger partial charge is 0.309 e. The first-order valence-corrected chi connectivity index (χ1v) is 7.71. The molecule has 2 rings (SSSR count). The SMILES string of the molecule is CCNC(CSc1cccc(F)c1)c1cncc(C)c1. The second-order valence-corrected chi connectivity index (χ2v) is 5.77. The zero-order valence-electron chi connectivity index (χ0n) is 11.8. The third kappa shape index (κ3) is 4.32. The van der Waals surface area contributed by atoms with Crippen molar-refractivity contribution >= 4 is 11.8 Å². The van der Waals surface area contributed by atoms with Gasteiger partial charge in [0.25, 0.3) is 0 Å². The summed E-state index contributed by atoms with van der Waals surface area (Å²) in [4.78, 5) is 5.20. The standard InChI is InChI=1S/C16H19FN2S/c1-3-19-16(13-7-12(2)9-18-10-13)11-20-15-6-4-5-14(17)8-15/h4-10,16,19H,3,11H2,1-2H3. The van der Waals surface area contributed by atoms with Crippen molar-refractivity contribution < 1.29 is 4.39 Å². The van der Waals surface area contributed by atoms with E-state index in [2.05, 4.69) is 23.3 Å². The number of hydrogen-bond acceptors (Lipinski definition) is 3. The number of benzene rings is 1. The number of aryl methyl sites for hydroxylation is 1. The first-order valence-electron chi connectivity index (χ1n) is 6.72. The van der Waals surface area contributed by atoms with Gasteiger partial charge in [0.05, 0.1) is 0 Å². The van der Waals surface area contributed by atoms with Gasteiger partial charge in [-0.2, -0.15) is 0 Å². The molecule has 1 atom stereocenters. The van der Waals surface area contributed by atoms with Gasteiger partial charge in [0.2, 0.25) is 0 Å². The lowest BCUT2D eigenvalue weighted by Crippen LogP contribution is -2.23. The van der Waals surface area contributed by atoms with Gasteiger partial charge in [-0.1, -0.05) is 19.1 Å². The normalized spacial score (nSPS) is 12.3. The Balaban J connectivity index is 2.06. The van der Waals surface area contributed by atoms with Gasteiger partial charge in [-0.05, 0) is 42.8 Å². The minimum absolute atomic E-state index is 0.188. The molecule has 20 heavy (non-hydrogen) atoms. The van der Waals surface area contributed by atoms with Crippen LogP contribution in [0.25, 0.3) is 0 Å². The molecular weight excluding hydrogens is 271 g/mol. The van der Waals surface area contributed by atoms with Crippen molar-refractivity contribution in [2.24, 2.45) is 0 Å². The Morgan fingerprint density at radius 1 is 1.30 bits per heavy atom. The molecule has 0 saturated heterocycles. The predicted octanol–water partition coefficient (Wildman–Crippen LogP) is 3.97. The summed E-state index contributed by atoms with van der Waals surface area (Å²) < 4.78 is 13.2. The maximum atomic E-state index is 13.2. The van der Waals surface area contributed by atoms with Gasteiger partial charge in [0.15, 0.2) is 0 Å². The molecule has 1 heterocycles. The molecule has 0 amide bonds. The molecule has 1 N–H and O–H groups in total. The van der Waals surface area contributed by atoms with Crippen LogP contribution in [0, 0.1) is 12.7 Å². The summed E-state index contributed by atoms with van der Waals surface area (Å²) in [6.45, 7) is 5.02. The fourth-order valence-corrected chi connectivity index (χ4v) is 3.06. The van der Waals surface area contributed by atoms with Crippen LogP contribution in [0.15, 0.2) is 47.6 Å². The first kappa shape index (κ1) is 15.0. The van der Waals surface area contributed by atoms with E-state index in [9.17, 15) is 4.39 Å². The van der Waals surface area contributed by atoms with Crippen LogP contribution in [0.4, 0.5) is 4.39 Å². The van der Waals surface area contributed by atoms with Crippen LogP contribution in [0.1, 0.15) is 24.1 Å². The third-order valence-corrected chi connectivity index (χ3v) is 4.05. The van der Waals surface area contributed by atoms with E-state index >= 15 is 0 Å². The van der Waals surface area contributed by atoms with Gasteiger partial charge in [0.1, 0.15) is 5.82 Å². The summed E-state index contributed by atoms with van der Waals surface area (Å²) >= 11 is 1.65. The molecule has 0 radical (unpaired) electrons. The molecule has 0 aliphatic carbocycles. The lowest BCUT2D eigenvalue weighted by atomic mass is 10.1. The Labute approximate surface area is 123 Å². The smallest absolute Gasteiger partial charge is 0.124 e. The lowest BCUT2D eigenvalue weighted by molar-refractivity contribution is 0.603. The van der Waals surface area contributed by atoms with Crippen molar-refractivity contribution in [2.75, 3.05) is 12.3 Å². The number of pyridine rings is 1. The van der Waals surface area contributed by atoms with Gasteiger partial charge in [0, 0.05) is 29.1 Å². The number of rotatable bonds is 6. The van der Waals surface area contributed by atoms with Crippen LogP contribution in [-0.2, 0) is 0 Å². The van der Waals surface area contributed by atoms with E-state index in [-0.39, 0.29) is 11.9 Å². The highest BCUT2D eigenvalue weighted by molar-refractivity contribution is 7.99. The van der Waals surface area contributed by atoms with Crippen LogP contribution in [0.3, 0.4) is 0 Å². The predicted molar refractivity (Wildman–Crippen MR) is 82.5 cm³/mol. The quantitative estimate of drug-likeness (QED) is 0.815. The minimum atomic E-state index is -0.188. The highest BCUT2D eigenvalue weighted by Crippen LogP contribution is 2.25. The minimum Gasteiger partial charge on any atom is -0.309 e. The van der Waals surface area contributed by atoms with Crippen molar-refractivity contribution in [1.29, 1.82) is 0 Å². The number of nitrogens with one attached hydrogen (secondary N) is 1. The van der Waals surface area contributed by atoms with Crippen molar-refractivity contribution in [2.45, 2.75) is 24.8 Å². The maximum absolute atomic E-state index is 13.2. The molecule has 2 aromatic rings. The number of halogens is 1. The summed E-state index contributed by atoms with van der Waals surface area (Å²) in [6, 6.07) is 9.09. The van der Waals surface area contributed by atoms with E-state index in [1.165, 1.54) is 11.6 Å². The fourth-order valence-electron chi connectivity index (χ4n) is 2.02. The number of nitrogens with zero attached hydrogens (tertiary/aromatic N) is 1. The van der Waals surface area contributed by atoms with E-state index in [4.69, 9.17) is 0 Å². The average Bonchev–Trinajstić information content (AvgIpc) is 2.43. The molecule has 0 aliphatic heterocycles. The molecule has 1 aromatic heterocycles. The van der Waals surface area contributed by atoms with E-state index in [0.717, 1.165) is 22.8 Å². The molecule has 1 unspecified atom stereocenters. The van der Waals surface area contributed by atoms with E-state index in [1.807, 2.05) is 25.4 Å². The second kappa shape index (κ2) is 7.41. The molecule has 0 spiro atoms. The lowest BCUT2D eigenvalue weighted by Gasteiger charge is -2.18. The average molecular weight is 290 g/mol. The van der Waals surface area contributed by atoms with Crippen LogP contribution >= 0.6 is 11.8 Å². The summed E-state index contributed by atoms with van der Waals surface area (Å²) in [6.07, 6.45) is 3.75. The van der Waals surface area contributed by atoms with Crippen LogP contribution in [-0.4, -0.2) is 17.3 Å². The fraction of sp³-hybridized carbons (Fsp3) is 0.312.